The highest BCUT2D eigenvalue weighted by molar-refractivity contribution is 9.09. The number of hydrogen-bond donors (Lipinski definition) is 0. The minimum Gasteiger partial charge on any atom is -0.207 e. The second-order valence-corrected chi connectivity index (χ2v) is 8.03. The Morgan fingerprint density at radius 3 is 2.90 bits per heavy atom. The zero-order valence-electron chi connectivity index (χ0n) is 10.9. The van der Waals surface area contributed by atoms with Gasteiger partial charge in [0.2, 0.25) is 10.0 Å². The fourth-order valence-electron chi connectivity index (χ4n) is 2.45. The predicted octanol–water partition coefficient (Wildman–Crippen LogP) is 3.66. The average molecular weight is 385 g/mol. The van der Waals surface area contributed by atoms with Crippen LogP contribution in [0.2, 0.25) is 5.02 Å². The van der Waals surface area contributed by atoms with E-state index < -0.39 is 15.8 Å². The first-order valence-electron chi connectivity index (χ1n) is 6.46. The van der Waals surface area contributed by atoms with Crippen molar-refractivity contribution in [2.45, 2.75) is 24.2 Å². The molecule has 0 N–H and O–H groups in total. The van der Waals surface area contributed by atoms with E-state index in [0.717, 1.165) is 36.7 Å². The van der Waals surface area contributed by atoms with Gasteiger partial charge in [0, 0.05) is 18.4 Å². The summed E-state index contributed by atoms with van der Waals surface area (Å²) in [5.41, 5.74) is 0. The third kappa shape index (κ3) is 3.53. The zero-order valence-corrected chi connectivity index (χ0v) is 14.0. The molecule has 20 heavy (non-hydrogen) atoms. The summed E-state index contributed by atoms with van der Waals surface area (Å²) in [6, 6.07) is 3.43. The average Bonchev–Trinajstić information content (AvgIpc) is 2.42. The summed E-state index contributed by atoms with van der Waals surface area (Å²) in [5, 5.41) is 0.917. The molecule has 112 valence electrons. The van der Waals surface area contributed by atoms with Gasteiger partial charge in [-0.1, -0.05) is 27.5 Å². The smallest absolute Gasteiger partial charge is 0.207 e. The minimum absolute atomic E-state index is 0.0639. The molecule has 1 aromatic rings. The van der Waals surface area contributed by atoms with Crippen LogP contribution in [0.25, 0.3) is 0 Å². The van der Waals surface area contributed by atoms with Gasteiger partial charge in [-0.05, 0) is 43.4 Å². The fourth-order valence-corrected chi connectivity index (χ4v) is 5.14. The topological polar surface area (TPSA) is 37.4 Å². The van der Waals surface area contributed by atoms with E-state index in [9.17, 15) is 12.8 Å². The lowest BCUT2D eigenvalue weighted by Crippen LogP contribution is -2.40. The monoisotopic (exact) mass is 383 g/mol. The van der Waals surface area contributed by atoms with Gasteiger partial charge in [-0.25, -0.2) is 12.8 Å². The van der Waals surface area contributed by atoms with Gasteiger partial charge < -0.3 is 0 Å². The van der Waals surface area contributed by atoms with Crippen molar-refractivity contribution in [2.24, 2.45) is 5.92 Å². The van der Waals surface area contributed by atoms with Crippen molar-refractivity contribution in [3.05, 3.63) is 29.0 Å². The molecule has 1 aliphatic rings. The molecule has 1 aromatic carbocycles. The first-order valence-corrected chi connectivity index (χ1v) is 9.40. The van der Waals surface area contributed by atoms with Gasteiger partial charge in [-0.15, -0.1) is 0 Å². The summed E-state index contributed by atoms with van der Waals surface area (Å²) < 4.78 is 39.9. The Hall–Kier alpha value is -0.170. The van der Waals surface area contributed by atoms with Crippen LogP contribution >= 0.6 is 27.5 Å². The Kier molecular flexibility index (Phi) is 5.45. The Balaban J connectivity index is 2.27. The Morgan fingerprint density at radius 1 is 1.45 bits per heavy atom. The highest BCUT2D eigenvalue weighted by Crippen LogP contribution is 2.29. The third-order valence-electron chi connectivity index (χ3n) is 3.51. The van der Waals surface area contributed by atoms with Crippen molar-refractivity contribution in [3.8, 4) is 0 Å². The summed E-state index contributed by atoms with van der Waals surface area (Å²) in [6.45, 7) is 0.939. The zero-order chi connectivity index (χ0) is 14.8. The normalized spacial score (nSPS) is 21.1. The quantitative estimate of drug-likeness (QED) is 0.743. The number of halogens is 3. The molecule has 1 fully saturated rings. The van der Waals surface area contributed by atoms with Gasteiger partial charge in [-0.3, -0.25) is 0 Å². The van der Waals surface area contributed by atoms with Crippen LogP contribution in [-0.2, 0) is 10.0 Å². The van der Waals surface area contributed by atoms with E-state index in [2.05, 4.69) is 15.9 Å². The summed E-state index contributed by atoms with van der Waals surface area (Å²) in [5.74, 6) is -0.257. The van der Waals surface area contributed by atoms with Crippen LogP contribution in [0, 0.1) is 11.7 Å². The number of benzene rings is 1. The van der Waals surface area contributed by atoms with Crippen LogP contribution in [0.4, 0.5) is 4.39 Å². The van der Waals surface area contributed by atoms with Crippen LogP contribution in [0.5, 0.6) is 0 Å². The molecule has 0 radical (unpaired) electrons. The Bertz CT molecular complexity index is 580. The molecule has 0 amide bonds. The molecule has 1 heterocycles. The van der Waals surface area contributed by atoms with Crippen molar-refractivity contribution < 1.29 is 12.8 Å². The van der Waals surface area contributed by atoms with Crippen molar-refractivity contribution in [3.63, 3.8) is 0 Å². The lowest BCUT2D eigenvalue weighted by molar-refractivity contribution is 0.263. The van der Waals surface area contributed by atoms with Crippen LogP contribution in [-0.4, -0.2) is 31.1 Å². The molecule has 3 nitrogen and oxygen atoms in total. The molecule has 0 aliphatic carbocycles. The van der Waals surface area contributed by atoms with E-state index >= 15 is 0 Å². The lowest BCUT2D eigenvalue weighted by atomic mass is 9.97. The maximum Gasteiger partial charge on any atom is 0.244 e. The molecule has 0 bridgehead atoms. The van der Waals surface area contributed by atoms with Crippen molar-refractivity contribution in [1.82, 2.24) is 4.31 Å². The highest BCUT2D eigenvalue weighted by atomic mass is 79.9. The Labute approximate surface area is 132 Å². The summed E-state index contributed by atoms with van der Waals surface area (Å²) >= 11 is 9.30. The molecule has 0 aromatic heterocycles. The molecule has 1 saturated heterocycles. The number of alkyl halides is 1. The first kappa shape index (κ1) is 16.2. The highest BCUT2D eigenvalue weighted by Gasteiger charge is 2.31. The van der Waals surface area contributed by atoms with E-state index in [0.29, 0.717) is 19.0 Å². The number of rotatable bonds is 4. The second-order valence-electron chi connectivity index (χ2n) is 4.92. The van der Waals surface area contributed by atoms with Gasteiger partial charge in [0.1, 0.15) is 10.7 Å². The summed E-state index contributed by atoms with van der Waals surface area (Å²) in [7, 11) is -3.72. The van der Waals surface area contributed by atoms with E-state index in [1.165, 1.54) is 10.4 Å². The van der Waals surface area contributed by atoms with E-state index in [4.69, 9.17) is 11.6 Å². The van der Waals surface area contributed by atoms with Gasteiger partial charge in [0.05, 0.1) is 5.02 Å². The molecule has 0 spiro atoms. The Morgan fingerprint density at radius 2 is 2.20 bits per heavy atom. The van der Waals surface area contributed by atoms with Gasteiger partial charge in [0.25, 0.3) is 0 Å². The van der Waals surface area contributed by atoms with Crippen molar-refractivity contribution >= 4 is 37.6 Å². The predicted molar refractivity (Wildman–Crippen MR) is 81.3 cm³/mol. The van der Waals surface area contributed by atoms with Gasteiger partial charge in [-0.2, -0.15) is 4.31 Å². The van der Waals surface area contributed by atoms with E-state index in [1.54, 1.807) is 0 Å². The molecule has 2 rings (SSSR count). The number of hydrogen-bond acceptors (Lipinski definition) is 2. The molecule has 0 saturated carbocycles. The van der Waals surface area contributed by atoms with Crippen molar-refractivity contribution in [1.29, 1.82) is 0 Å². The molecular formula is C13H16BrClFNO2S. The minimum atomic E-state index is -3.72. The number of piperidine rings is 1. The molecule has 1 aliphatic heterocycles. The van der Waals surface area contributed by atoms with Crippen LogP contribution in [0.1, 0.15) is 19.3 Å². The van der Waals surface area contributed by atoms with Crippen LogP contribution in [0.15, 0.2) is 23.1 Å². The fraction of sp³-hybridized carbons (Fsp3) is 0.538. The lowest BCUT2D eigenvalue weighted by Gasteiger charge is -2.31. The van der Waals surface area contributed by atoms with Crippen molar-refractivity contribution in [2.75, 3.05) is 18.4 Å². The van der Waals surface area contributed by atoms with Gasteiger partial charge >= 0.3 is 0 Å². The molecule has 1 unspecified atom stereocenters. The van der Waals surface area contributed by atoms with Crippen LogP contribution < -0.4 is 0 Å². The summed E-state index contributed by atoms with van der Waals surface area (Å²) in [6.07, 6.45) is 2.78. The van der Waals surface area contributed by atoms with E-state index in [1.807, 2.05) is 0 Å². The van der Waals surface area contributed by atoms with Gasteiger partial charge in [0.15, 0.2) is 0 Å². The van der Waals surface area contributed by atoms with Crippen LogP contribution in [0.3, 0.4) is 0 Å². The standard InChI is InChI=1S/C13H16BrClFNO2S/c14-6-5-10-2-1-7-17(9-10)20(18,19)13-8-11(16)3-4-12(13)15/h3-4,8,10H,1-2,5-7,9H2. The number of nitrogens with zero attached hydrogens (tertiary/aromatic N) is 1. The molecule has 7 heteroatoms. The largest absolute Gasteiger partial charge is 0.244 e. The first-order chi connectivity index (χ1) is 9.45. The molecular weight excluding hydrogens is 369 g/mol. The number of sulfonamides is 1. The van der Waals surface area contributed by atoms with E-state index in [-0.39, 0.29) is 9.92 Å². The third-order valence-corrected chi connectivity index (χ3v) is 6.31. The SMILES string of the molecule is O=S(=O)(c1cc(F)ccc1Cl)N1CCCC(CCBr)C1. The summed E-state index contributed by atoms with van der Waals surface area (Å²) in [4.78, 5) is -0.140. The second kappa shape index (κ2) is 6.73. The maximum absolute atomic E-state index is 13.3. The maximum atomic E-state index is 13.3. The molecule has 1 atom stereocenters.